The normalized spacial score (nSPS) is 23.2. The van der Waals surface area contributed by atoms with E-state index in [2.05, 4.69) is 5.32 Å². The van der Waals surface area contributed by atoms with Crippen molar-refractivity contribution in [1.82, 2.24) is 0 Å². The maximum absolute atomic E-state index is 11.3. The molecule has 88 valence electrons. The first kappa shape index (κ1) is 11.4. The molecule has 2 rings (SSSR count). The van der Waals surface area contributed by atoms with Gasteiger partial charge in [0.1, 0.15) is 0 Å². The molecular formula is C11H16N2O2S. The van der Waals surface area contributed by atoms with Crippen LogP contribution in [0.15, 0.2) is 24.3 Å². The summed E-state index contributed by atoms with van der Waals surface area (Å²) in [5.74, 6) is 0.529. The van der Waals surface area contributed by atoms with Gasteiger partial charge in [-0.1, -0.05) is 12.1 Å². The lowest BCUT2D eigenvalue weighted by atomic mass is 10.2. The van der Waals surface area contributed by atoms with Crippen LogP contribution in [0.4, 0.5) is 5.69 Å². The van der Waals surface area contributed by atoms with Crippen LogP contribution in [-0.2, 0) is 16.4 Å². The van der Waals surface area contributed by atoms with Gasteiger partial charge in [-0.2, -0.15) is 0 Å². The van der Waals surface area contributed by atoms with Gasteiger partial charge < -0.3 is 11.1 Å². The number of anilines is 1. The Kier molecular flexibility index (Phi) is 3.16. The van der Waals surface area contributed by atoms with Crippen LogP contribution in [0.3, 0.4) is 0 Å². The molecule has 1 aliphatic rings. The fourth-order valence-corrected chi connectivity index (χ4v) is 3.61. The monoisotopic (exact) mass is 240 g/mol. The quantitative estimate of drug-likeness (QED) is 0.817. The van der Waals surface area contributed by atoms with Crippen molar-refractivity contribution in [3.05, 3.63) is 29.8 Å². The lowest BCUT2D eigenvalue weighted by molar-refractivity contribution is 0.602. The Bertz CT molecular complexity index is 471. The molecule has 0 bridgehead atoms. The smallest absolute Gasteiger partial charge is 0.152 e. The van der Waals surface area contributed by atoms with E-state index in [1.54, 1.807) is 0 Å². The first-order chi connectivity index (χ1) is 7.59. The molecule has 1 atom stereocenters. The van der Waals surface area contributed by atoms with Crippen molar-refractivity contribution in [3.63, 3.8) is 0 Å². The minimum absolute atomic E-state index is 0.0398. The van der Waals surface area contributed by atoms with E-state index in [9.17, 15) is 8.42 Å². The van der Waals surface area contributed by atoms with E-state index in [4.69, 9.17) is 5.73 Å². The Morgan fingerprint density at radius 1 is 1.44 bits per heavy atom. The number of hydrogen-bond acceptors (Lipinski definition) is 4. The van der Waals surface area contributed by atoms with E-state index < -0.39 is 9.84 Å². The lowest BCUT2D eigenvalue weighted by Gasteiger charge is -2.12. The average Bonchev–Trinajstić information content (AvgIpc) is 2.58. The van der Waals surface area contributed by atoms with E-state index in [1.807, 2.05) is 24.3 Å². The Hall–Kier alpha value is -1.07. The van der Waals surface area contributed by atoms with E-state index in [0.717, 1.165) is 11.3 Å². The first-order valence-electron chi connectivity index (χ1n) is 5.35. The molecule has 1 aromatic rings. The summed E-state index contributed by atoms with van der Waals surface area (Å²) < 4.78 is 22.6. The summed E-state index contributed by atoms with van der Waals surface area (Å²) in [5, 5.41) is 3.24. The molecule has 1 unspecified atom stereocenters. The molecule has 0 spiro atoms. The van der Waals surface area contributed by atoms with Gasteiger partial charge in [0, 0.05) is 18.3 Å². The molecule has 0 amide bonds. The Balaban J connectivity index is 2.04. The van der Waals surface area contributed by atoms with E-state index in [0.29, 0.717) is 18.7 Å². The third-order valence-corrected chi connectivity index (χ3v) is 4.53. The van der Waals surface area contributed by atoms with Crippen LogP contribution in [0.5, 0.6) is 0 Å². The highest BCUT2D eigenvalue weighted by Gasteiger charge is 2.27. The summed E-state index contributed by atoms with van der Waals surface area (Å²) in [6.45, 7) is 0.498. The number of hydrogen-bond donors (Lipinski definition) is 2. The van der Waals surface area contributed by atoms with Crippen molar-refractivity contribution >= 4 is 15.5 Å². The number of benzene rings is 1. The summed E-state index contributed by atoms with van der Waals surface area (Å²) in [7, 11) is -2.82. The molecule has 1 aliphatic heterocycles. The largest absolute Gasteiger partial charge is 0.381 e. The molecule has 0 aromatic heterocycles. The van der Waals surface area contributed by atoms with Gasteiger partial charge in [0.2, 0.25) is 0 Å². The summed E-state index contributed by atoms with van der Waals surface area (Å²) in [4.78, 5) is 0. The van der Waals surface area contributed by atoms with Gasteiger partial charge in [-0.05, 0) is 24.1 Å². The van der Waals surface area contributed by atoms with Crippen molar-refractivity contribution in [2.45, 2.75) is 19.0 Å². The van der Waals surface area contributed by atoms with Crippen molar-refractivity contribution < 1.29 is 8.42 Å². The van der Waals surface area contributed by atoms with Gasteiger partial charge in [-0.25, -0.2) is 8.42 Å². The summed E-state index contributed by atoms with van der Waals surface area (Å²) >= 11 is 0. The van der Waals surface area contributed by atoms with Crippen molar-refractivity contribution in [1.29, 1.82) is 0 Å². The second-order valence-corrected chi connectivity index (χ2v) is 6.38. The molecule has 5 heteroatoms. The van der Waals surface area contributed by atoms with Crippen LogP contribution in [0.2, 0.25) is 0 Å². The van der Waals surface area contributed by atoms with Crippen LogP contribution in [0.25, 0.3) is 0 Å². The molecule has 4 nitrogen and oxygen atoms in total. The molecule has 1 aromatic carbocycles. The van der Waals surface area contributed by atoms with E-state index >= 15 is 0 Å². The van der Waals surface area contributed by atoms with Gasteiger partial charge in [0.05, 0.1) is 11.5 Å². The number of nitrogens with two attached hydrogens (primary N) is 1. The van der Waals surface area contributed by atoms with Crippen LogP contribution >= 0.6 is 0 Å². The van der Waals surface area contributed by atoms with Crippen LogP contribution in [-0.4, -0.2) is 26.0 Å². The van der Waals surface area contributed by atoms with Gasteiger partial charge in [0.15, 0.2) is 9.84 Å². The van der Waals surface area contributed by atoms with Crippen molar-refractivity contribution in [3.8, 4) is 0 Å². The maximum Gasteiger partial charge on any atom is 0.152 e. The highest BCUT2D eigenvalue weighted by atomic mass is 32.2. The highest BCUT2D eigenvalue weighted by molar-refractivity contribution is 7.91. The second-order valence-electron chi connectivity index (χ2n) is 4.15. The molecular weight excluding hydrogens is 224 g/mol. The van der Waals surface area contributed by atoms with Gasteiger partial charge in [-0.3, -0.25) is 0 Å². The summed E-state index contributed by atoms with van der Waals surface area (Å²) in [6, 6.07) is 7.82. The summed E-state index contributed by atoms with van der Waals surface area (Å²) in [6.07, 6.45) is 0.690. The molecule has 0 radical (unpaired) electrons. The molecule has 0 saturated carbocycles. The zero-order valence-corrected chi connectivity index (χ0v) is 9.83. The Morgan fingerprint density at radius 2 is 2.25 bits per heavy atom. The van der Waals surface area contributed by atoms with Crippen LogP contribution in [0.1, 0.15) is 12.0 Å². The molecule has 3 N–H and O–H groups in total. The van der Waals surface area contributed by atoms with Gasteiger partial charge >= 0.3 is 0 Å². The standard InChI is InChI=1S/C11H16N2O2S/c12-7-9-2-1-3-10(6-9)13-11-4-5-16(14,15)8-11/h1-3,6,11,13H,4-5,7-8,12H2. The van der Waals surface area contributed by atoms with Crippen LogP contribution in [0, 0.1) is 0 Å². The fourth-order valence-electron chi connectivity index (χ4n) is 1.93. The lowest BCUT2D eigenvalue weighted by Crippen LogP contribution is -2.20. The third kappa shape index (κ3) is 2.74. The third-order valence-electron chi connectivity index (χ3n) is 2.77. The zero-order valence-electron chi connectivity index (χ0n) is 9.02. The SMILES string of the molecule is NCc1cccc(NC2CCS(=O)(=O)C2)c1. The number of sulfone groups is 1. The summed E-state index contributed by atoms with van der Waals surface area (Å²) in [5.41, 5.74) is 7.54. The highest BCUT2D eigenvalue weighted by Crippen LogP contribution is 2.18. The Labute approximate surface area is 95.8 Å². The molecule has 1 fully saturated rings. The van der Waals surface area contributed by atoms with E-state index in [1.165, 1.54) is 0 Å². The van der Waals surface area contributed by atoms with Crippen molar-refractivity contribution in [2.24, 2.45) is 5.73 Å². The number of nitrogens with one attached hydrogen (secondary N) is 1. The van der Waals surface area contributed by atoms with E-state index in [-0.39, 0.29) is 11.8 Å². The molecule has 0 aliphatic carbocycles. The average molecular weight is 240 g/mol. The maximum atomic E-state index is 11.3. The minimum atomic E-state index is -2.82. The van der Waals surface area contributed by atoms with Crippen molar-refractivity contribution in [2.75, 3.05) is 16.8 Å². The molecule has 16 heavy (non-hydrogen) atoms. The zero-order chi connectivity index (χ0) is 11.6. The number of rotatable bonds is 3. The molecule has 1 saturated heterocycles. The predicted molar refractivity (Wildman–Crippen MR) is 65.0 cm³/mol. The minimum Gasteiger partial charge on any atom is -0.381 e. The second kappa shape index (κ2) is 4.43. The fraction of sp³-hybridized carbons (Fsp3) is 0.455. The topological polar surface area (TPSA) is 72.2 Å². The molecule has 1 heterocycles. The Morgan fingerprint density at radius 3 is 2.88 bits per heavy atom. The first-order valence-corrected chi connectivity index (χ1v) is 7.17. The van der Waals surface area contributed by atoms with Gasteiger partial charge in [-0.15, -0.1) is 0 Å². The predicted octanol–water partition coefficient (Wildman–Crippen LogP) is 0.744. The van der Waals surface area contributed by atoms with Crippen LogP contribution < -0.4 is 11.1 Å². The van der Waals surface area contributed by atoms with Gasteiger partial charge in [0.25, 0.3) is 0 Å².